The monoisotopic (exact) mass is 229 g/mol. The largest absolute Gasteiger partial charge is 0.398 e. The number of hydrogen-bond donors (Lipinski definition) is 2. The van der Waals surface area contributed by atoms with Gasteiger partial charge in [0.05, 0.1) is 0 Å². The summed E-state index contributed by atoms with van der Waals surface area (Å²) in [7, 11) is -4.64. The Balaban J connectivity index is 2.38. The van der Waals surface area contributed by atoms with Crippen molar-refractivity contribution in [3.8, 4) is 0 Å². The minimum absolute atomic E-state index is 0.389. The summed E-state index contributed by atoms with van der Waals surface area (Å²) in [6.45, 7) is 0. The predicted octanol–water partition coefficient (Wildman–Crippen LogP) is 0.499. The van der Waals surface area contributed by atoms with Crippen LogP contribution in [0, 0.1) is 0 Å². The van der Waals surface area contributed by atoms with Gasteiger partial charge in [-0.15, -0.1) is 0 Å². The second-order valence-electron chi connectivity index (χ2n) is 2.98. The molecule has 1 aliphatic rings. The third kappa shape index (κ3) is 1.99. The minimum atomic E-state index is -4.64. The van der Waals surface area contributed by atoms with E-state index in [0.29, 0.717) is 11.3 Å². The number of fused-ring (bicyclic) bond motifs is 1. The van der Waals surface area contributed by atoms with Gasteiger partial charge in [-0.3, -0.25) is 9.35 Å². The van der Waals surface area contributed by atoms with Crippen molar-refractivity contribution in [2.24, 2.45) is 0 Å². The Kier molecular flexibility index (Phi) is 2.22. The third-order valence-corrected chi connectivity index (χ3v) is 2.39. The Hall–Kier alpha value is -1.44. The zero-order chi connectivity index (χ0) is 11.1. The van der Waals surface area contributed by atoms with E-state index in [1.165, 1.54) is 0 Å². The molecule has 1 aliphatic heterocycles. The summed E-state index contributed by atoms with van der Waals surface area (Å²) in [6.07, 6.45) is -1.31. The van der Waals surface area contributed by atoms with E-state index in [4.69, 9.17) is 4.55 Å². The first-order valence-corrected chi connectivity index (χ1v) is 5.39. The lowest BCUT2D eigenvalue weighted by atomic mass is 10.1. The summed E-state index contributed by atoms with van der Waals surface area (Å²) in [5.74, 6) is -0.617. The lowest BCUT2D eigenvalue weighted by molar-refractivity contribution is -0.122. The van der Waals surface area contributed by atoms with Crippen molar-refractivity contribution in [2.75, 3.05) is 5.32 Å². The minimum Gasteiger partial charge on any atom is -0.323 e. The summed E-state index contributed by atoms with van der Waals surface area (Å²) >= 11 is 0. The number of hydrogen-bond acceptors (Lipinski definition) is 4. The summed E-state index contributed by atoms with van der Waals surface area (Å²) in [4.78, 5) is 11.3. The Bertz CT molecular complexity index is 510. The van der Waals surface area contributed by atoms with Crippen molar-refractivity contribution in [1.82, 2.24) is 0 Å². The molecular formula is C8H7NO5S. The average Bonchev–Trinajstić information content (AvgIpc) is 2.41. The zero-order valence-electron chi connectivity index (χ0n) is 7.38. The Morgan fingerprint density at radius 3 is 2.67 bits per heavy atom. The van der Waals surface area contributed by atoms with Gasteiger partial charge in [-0.25, -0.2) is 4.18 Å². The fourth-order valence-corrected chi connectivity index (χ4v) is 1.83. The fourth-order valence-electron chi connectivity index (χ4n) is 1.40. The summed E-state index contributed by atoms with van der Waals surface area (Å²) in [5, 5.41) is 2.43. The number of amides is 1. The van der Waals surface area contributed by atoms with Gasteiger partial charge in [-0.05, 0) is 6.07 Å². The van der Waals surface area contributed by atoms with Crippen molar-refractivity contribution >= 4 is 22.0 Å². The molecule has 1 heterocycles. The number of anilines is 1. The molecule has 0 saturated heterocycles. The first kappa shape index (κ1) is 10.1. The Morgan fingerprint density at radius 1 is 1.33 bits per heavy atom. The molecule has 6 nitrogen and oxygen atoms in total. The summed E-state index contributed by atoms with van der Waals surface area (Å²) in [6, 6.07) is 6.48. The summed E-state index contributed by atoms with van der Waals surface area (Å²) < 4.78 is 33.7. The molecule has 0 spiro atoms. The van der Waals surface area contributed by atoms with Crippen LogP contribution in [-0.2, 0) is 19.4 Å². The average molecular weight is 229 g/mol. The second-order valence-corrected chi connectivity index (χ2v) is 4.03. The standard InChI is InChI=1S/C8H7NO5S/c10-8-7(14-15(11,12)13)5-3-1-2-4-6(5)9-8/h1-4,7H,(H,9,10)(H,11,12,13). The molecule has 0 radical (unpaired) electrons. The Labute approximate surface area is 85.8 Å². The molecule has 1 amide bonds. The summed E-state index contributed by atoms with van der Waals surface area (Å²) in [5.41, 5.74) is 0.872. The molecule has 1 aromatic rings. The smallest absolute Gasteiger partial charge is 0.323 e. The maximum atomic E-state index is 11.3. The lowest BCUT2D eigenvalue weighted by Crippen LogP contribution is -2.18. The topological polar surface area (TPSA) is 92.7 Å². The van der Waals surface area contributed by atoms with Crippen LogP contribution in [0.1, 0.15) is 11.7 Å². The van der Waals surface area contributed by atoms with Gasteiger partial charge in [0.15, 0.2) is 6.10 Å². The van der Waals surface area contributed by atoms with Crippen molar-refractivity contribution in [3.05, 3.63) is 29.8 Å². The van der Waals surface area contributed by atoms with E-state index in [0.717, 1.165) is 0 Å². The van der Waals surface area contributed by atoms with Gasteiger partial charge in [0.25, 0.3) is 5.91 Å². The predicted molar refractivity (Wildman–Crippen MR) is 50.4 cm³/mol. The maximum absolute atomic E-state index is 11.3. The van der Waals surface area contributed by atoms with Crippen molar-refractivity contribution < 1.29 is 21.9 Å². The number of nitrogens with one attached hydrogen (secondary N) is 1. The van der Waals surface area contributed by atoms with Crippen LogP contribution < -0.4 is 5.32 Å². The van der Waals surface area contributed by atoms with E-state index in [9.17, 15) is 13.2 Å². The van der Waals surface area contributed by atoms with E-state index >= 15 is 0 Å². The number of carbonyl (C=O) groups is 1. The molecular weight excluding hydrogens is 222 g/mol. The van der Waals surface area contributed by atoms with Gasteiger partial charge >= 0.3 is 10.4 Å². The first-order chi connectivity index (χ1) is 6.97. The van der Waals surface area contributed by atoms with E-state index in [1.807, 2.05) is 0 Å². The van der Waals surface area contributed by atoms with Gasteiger partial charge in [0.2, 0.25) is 0 Å². The molecule has 2 N–H and O–H groups in total. The highest BCUT2D eigenvalue weighted by molar-refractivity contribution is 7.80. The molecule has 15 heavy (non-hydrogen) atoms. The van der Waals surface area contributed by atoms with Crippen LogP contribution in [0.25, 0.3) is 0 Å². The lowest BCUT2D eigenvalue weighted by Gasteiger charge is -2.05. The van der Waals surface area contributed by atoms with Crippen LogP contribution in [0.3, 0.4) is 0 Å². The van der Waals surface area contributed by atoms with Crippen LogP contribution in [0.2, 0.25) is 0 Å². The Morgan fingerprint density at radius 2 is 2.00 bits per heavy atom. The molecule has 0 bridgehead atoms. The van der Waals surface area contributed by atoms with Gasteiger partial charge in [-0.2, -0.15) is 8.42 Å². The molecule has 0 saturated carbocycles. The van der Waals surface area contributed by atoms with E-state index in [1.54, 1.807) is 24.3 Å². The zero-order valence-corrected chi connectivity index (χ0v) is 8.19. The van der Waals surface area contributed by atoms with Gasteiger partial charge in [0, 0.05) is 11.3 Å². The molecule has 2 rings (SSSR count). The SMILES string of the molecule is O=C1Nc2ccccc2C1OS(=O)(=O)O. The number of benzene rings is 1. The number of para-hydroxylation sites is 1. The molecule has 0 aliphatic carbocycles. The van der Waals surface area contributed by atoms with Crippen LogP contribution in [0.15, 0.2) is 24.3 Å². The number of rotatable bonds is 2. The first-order valence-electron chi connectivity index (χ1n) is 4.03. The van der Waals surface area contributed by atoms with E-state index in [-0.39, 0.29) is 0 Å². The van der Waals surface area contributed by atoms with Crippen LogP contribution in [0.4, 0.5) is 5.69 Å². The molecule has 0 aromatic heterocycles. The van der Waals surface area contributed by atoms with Crippen molar-refractivity contribution in [1.29, 1.82) is 0 Å². The van der Waals surface area contributed by atoms with Crippen LogP contribution in [0.5, 0.6) is 0 Å². The maximum Gasteiger partial charge on any atom is 0.398 e. The fraction of sp³-hybridized carbons (Fsp3) is 0.125. The number of carbonyl (C=O) groups excluding carboxylic acids is 1. The van der Waals surface area contributed by atoms with Crippen LogP contribution in [-0.4, -0.2) is 18.9 Å². The molecule has 1 aromatic carbocycles. The molecule has 7 heteroatoms. The van der Waals surface area contributed by atoms with Gasteiger partial charge < -0.3 is 5.32 Å². The molecule has 1 atom stereocenters. The van der Waals surface area contributed by atoms with Crippen LogP contribution >= 0.6 is 0 Å². The van der Waals surface area contributed by atoms with Crippen molar-refractivity contribution in [2.45, 2.75) is 6.10 Å². The third-order valence-electron chi connectivity index (χ3n) is 1.96. The van der Waals surface area contributed by atoms with Gasteiger partial charge in [-0.1, -0.05) is 18.2 Å². The highest BCUT2D eigenvalue weighted by atomic mass is 32.3. The highest BCUT2D eigenvalue weighted by Gasteiger charge is 2.34. The normalized spacial score (nSPS) is 19.8. The second kappa shape index (κ2) is 3.30. The van der Waals surface area contributed by atoms with E-state index < -0.39 is 22.4 Å². The van der Waals surface area contributed by atoms with Crippen molar-refractivity contribution in [3.63, 3.8) is 0 Å². The quantitative estimate of drug-likeness (QED) is 0.720. The molecule has 0 fully saturated rings. The van der Waals surface area contributed by atoms with Gasteiger partial charge in [0.1, 0.15) is 0 Å². The molecule has 1 unspecified atom stereocenters. The molecule has 80 valence electrons. The van der Waals surface area contributed by atoms with E-state index in [2.05, 4.69) is 9.50 Å². The highest BCUT2D eigenvalue weighted by Crippen LogP contribution is 2.33.